The van der Waals surface area contributed by atoms with E-state index in [1.807, 2.05) is 51.3 Å². The molecule has 0 saturated carbocycles. The van der Waals surface area contributed by atoms with Crippen LogP contribution in [0.5, 0.6) is 5.75 Å². The van der Waals surface area contributed by atoms with Crippen LogP contribution in [-0.4, -0.2) is 33.7 Å². The highest BCUT2D eigenvalue weighted by molar-refractivity contribution is 7.98. The molecule has 2 rings (SSSR count). The molecule has 2 aromatic rings. The van der Waals surface area contributed by atoms with E-state index in [0.717, 1.165) is 5.56 Å². The predicted octanol–water partition coefficient (Wildman–Crippen LogP) is 3.60. The molecule has 0 radical (unpaired) electrons. The number of amides is 1. The Bertz CT molecular complexity index is 895. The summed E-state index contributed by atoms with van der Waals surface area (Å²) >= 11 is 1.67. The molecule has 1 unspecified atom stereocenters. The molecular formula is C21H28N2O4S2. The monoisotopic (exact) mass is 436 g/mol. The molecule has 2 N–H and O–H groups in total. The Morgan fingerprint density at radius 3 is 2.21 bits per heavy atom. The first-order valence-corrected chi connectivity index (χ1v) is 12.1. The number of carbonyl (C=O) groups excluding carboxylic acids is 1. The normalized spacial score (nSPS) is 12.6. The van der Waals surface area contributed by atoms with Crippen molar-refractivity contribution in [3.05, 3.63) is 54.1 Å². The van der Waals surface area contributed by atoms with Crippen LogP contribution in [0.4, 0.5) is 0 Å². The van der Waals surface area contributed by atoms with Gasteiger partial charge in [-0.2, -0.15) is 0 Å². The summed E-state index contributed by atoms with van der Waals surface area (Å²) in [5.74, 6) is 0.401. The molecular weight excluding hydrogens is 408 g/mol. The Hall–Kier alpha value is -2.03. The van der Waals surface area contributed by atoms with E-state index in [2.05, 4.69) is 10.0 Å². The van der Waals surface area contributed by atoms with Crippen LogP contribution in [0.3, 0.4) is 0 Å². The van der Waals surface area contributed by atoms with Crippen molar-refractivity contribution in [3.8, 4) is 5.75 Å². The van der Waals surface area contributed by atoms with Gasteiger partial charge in [-0.25, -0.2) is 13.1 Å². The molecule has 0 fully saturated rings. The topological polar surface area (TPSA) is 84.5 Å². The smallest absolute Gasteiger partial charge is 0.258 e. The van der Waals surface area contributed by atoms with Crippen LogP contribution in [0.1, 0.15) is 32.4 Å². The van der Waals surface area contributed by atoms with E-state index in [9.17, 15) is 13.2 Å². The van der Waals surface area contributed by atoms with Crippen LogP contribution in [0.25, 0.3) is 0 Å². The molecule has 0 aliphatic rings. The van der Waals surface area contributed by atoms with Gasteiger partial charge in [0, 0.05) is 11.4 Å². The van der Waals surface area contributed by atoms with Crippen molar-refractivity contribution >= 4 is 27.7 Å². The second kappa shape index (κ2) is 10.7. The number of hydrogen-bond donors (Lipinski definition) is 2. The largest absolute Gasteiger partial charge is 0.484 e. The summed E-state index contributed by atoms with van der Waals surface area (Å²) in [5, 5.41) is 2.89. The summed E-state index contributed by atoms with van der Waals surface area (Å²) in [6, 6.07) is 13.9. The van der Waals surface area contributed by atoms with E-state index in [1.165, 1.54) is 17.0 Å². The lowest BCUT2D eigenvalue weighted by molar-refractivity contribution is -0.123. The number of carbonyl (C=O) groups is 1. The maximum atomic E-state index is 12.2. The standard InChI is InChI=1S/C21H28N2O4S2/c1-15(2)13-22-29(25,26)20-11-7-18(8-12-20)27-14-21(24)23-16(3)17-5-9-19(28-4)10-6-17/h5-12,15-16,22H,13-14H2,1-4H3,(H,23,24). The zero-order valence-electron chi connectivity index (χ0n) is 17.1. The van der Waals surface area contributed by atoms with E-state index >= 15 is 0 Å². The molecule has 2 aromatic carbocycles. The van der Waals surface area contributed by atoms with Crippen LogP contribution in [0.15, 0.2) is 58.3 Å². The summed E-state index contributed by atoms with van der Waals surface area (Å²) in [7, 11) is -3.54. The fourth-order valence-electron chi connectivity index (χ4n) is 2.48. The predicted molar refractivity (Wildman–Crippen MR) is 117 cm³/mol. The maximum Gasteiger partial charge on any atom is 0.258 e. The minimum Gasteiger partial charge on any atom is -0.484 e. The molecule has 1 amide bonds. The van der Waals surface area contributed by atoms with E-state index in [0.29, 0.717) is 12.3 Å². The lowest BCUT2D eigenvalue weighted by atomic mass is 10.1. The quantitative estimate of drug-likeness (QED) is 0.556. The van der Waals surface area contributed by atoms with Crippen LogP contribution < -0.4 is 14.8 Å². The first-order valence-electron chi connectivity index (χ1n) is 9.37. The lowest BCUT2D eigenvalue weighted by Gasteiger charge is -2.15. The minimum absolute atomic E-state index is 0.137. The van der Waals surface area contributed by atoms with Crippen molar-refractivity contribution in [1.29, 1.82) is 0 Å². The zero-order chi connectivity index (χ0) is 21.4. The third-order valence-electron chi connectivity index (χ3n) is 4.18. The van der Waals surface area contributed by atoms with Gasteiger partial charge in [-0.3, -0.25) is 4.79 Å². The number of benzene rings is 2. The number of sulfonamides is 1. The summed E-state index contributed by atoms with van der Waals surface area (Å²) in [6.07, 6.45) is 2.02. The molecule has 8 heteroatoms. The number of rotatable bonds is 10. The van der Waals surface area contributed by atoms with Crippen LogP contribution >= 0.6 is 11.8 Å². The maximum absolute atomic E-state index is 12.2. The molecule has 0 heterocycles. The summed E-state index contributed by atoms with van der Waals surface area (Å²) in [5.41, 5.74) is 1.01. The summed E-state index contributed by atoms with van der Waals surface area (Å²) in [6.45, 7) is 6.01. The second-order valence-corrected chi connectivity index (χ2v) is 9.71. The second-order valence-electron chi connectivity index (χ2n) is 7.07. The third-order valence-corrected chi connectivity index (χ3v) is 6.36. The van der Waals surface area contributed by atoms with Gasteiger partial charge in [0.15, 0.2) is 6.61 Å². The van der Waals surface area contributed by atoms with Crippen LogP contribution in [0.2, 0.25) is 0 Å². The zero-order valence-corrected chi connectivity index (χ0v) is 18.8. The number of ether oxygens (including phenoxy) is 1. The van der Waals surface area contributed by atoms with Gasteiger partial charge in [0.05, 0.1) is 10.9 Å². The lowest BCUT2D eigenvalue weighted by Crippen LogP contribution is -2.31. The molecule has 29 heavy (non-hydrogen) atoms. The van der Waals surface area contributed by atoms with E-state index in [-0.39, 0.29) is 29.4 Å². The summed E-state index contributed by atoms with van der Waals surface area (Å²) in [4.78, 5) is 13.5. The average molecular weight is 437 g/mol. The van der Waals surface area contributed by atoms with Gasteiger partial charge in [-0.05, 0) is 61.1 Å². The first kappa shape index (κ1) is 23.3. The summed E-state index contributed by atoms with van der Waals surface area (Å²) < 4.78 is 32.4. The van der Waals surface area contributed by atoms with Crippen molar-refractivity contribution in [1.82, 2.24) is 10.0 Å². The Morgan fingerprint density at radius 1 is 1.03 bits per heavy atom. The molecule has 1 atom stereocenters. The molecule has 0 bridgehead atoms. The Labute approximate surface area is 177 Å². The van der Waals surface area contributed by atoms with E-state index in [4.69, 9.17) is 4.74 Å². The molecule has 0 aliphatic carbocycles. The van der Waals surface area contributed by atoms with Gasteiger partial charge < -0.3 is 10.1 Å². The van der Waals surface area contributed by atoms with Gasteiger partial charge >= 0.3 is 0 Å². The highest BCUT2D eigenvalue weighted by atomic mass is 32.2. The van der Waals surface area contributed by atoms with Crippen molar-refractivity contribution in [2.75, 3.05) is 19.4 Å². The number of thioether (sulfide) groups is 1. The minimum atomic E-state index is -3.54. The fourth-order valence-corrected chi connectivity index (χ4v) is 4.10. The molecule has 0 aromatic heterocycles. The molecule has 6 nitrogen and oxygen atoms in total. The fraction of sp³-hybridized carbons (Fsp3) is 0.381. The van der Waals surface area contributed by atoms with E-state index in [1.54, 1.807) is 23.9 Å². The van der Waals surface area contributed by atoms with Gasteiger partial charge in [0.2, 0.25) is 10.0 Å². The third kappa shape index (κ3) is 7.38. The van der Waals surface area contributed by atoms with Gasteiger partial charge in [-0.15, -0.1) is 11.8 Å². The Kier molecular flexibility index (Phi) is 8.55. The highest BCUT2D eigenvalue weighted by Crippen LogP contribution is 2.19. The van der Waals surface area contributed by atoms with Crippen molar-refractivity contribution < 1.29 is 17.9 Å². The van der Waals surface area contributed by atoms with Crippen LogP contribution in [0, 0.1) is 5.92 Å². The highest BCUT2D eigenvalue weighted by Gasteiger charge is 2.15. The van der Waals surface area contributed by atoms with Gasteiger partial charge in [0.25, 0.3) is 5.91 Å². The molecule has 0 spiro atoms. The molecule has 0 aliphatic heterocycles. The van der Waals surface area contributed by atoms with Crippen molar-refractivity contribution in [3.63, 3.8) is 0 Å². The number of hydrogen-bond acceptors (Lipinski definition) is 5. The molecule has 158 valence electrons. The van der Waals surface area contributed by atoms with E-state index < -0.39 is 10.0 Å². The van der Waals surface area contributed by atoms with Crippen molar-refractivity contribution in [2.24, 2.45) is 5.92 Å². The van der Waals surface area contributed by atoms with Gasteiger partial charge in [-0.1, -0.05) is 26.0 Å². The SMILES string of the molecule is CSc1ccc(C(C)NC(=O)COc2ccc(S(=O)(=O)NCC(C)C)cc2)cc1. The Morgan fingerprint density at radius 2 is 1.66 bits per heavy atom. The first-order chi connectivity index (χ1) is 13.7. The molecule has 0 saturated heterocycles. The van der Waals surface area contributed by atoms with Crippen molar-refractivity contribution in [2.45, 2.75) is 36.6 Å². The number of nitrogens with one attached hydrogen (secondary N) is 2. The Balaban J connectivity index is 1.86. The van der Waals surface area contributed by atoms with Gasteiger partial charge in [0.1, 0.15) is 5.75 Å². The average Bonchev–Trinajstić information content (AvgIpc) is 2.71. The van der Waals surface area contributed by atoms with Crippen LogP contribution in [-0.2, 0) is 14.8 Å².